The third-order valence-electron chi connectivity index (χ3n) is 2.78. The van der Waals surface area contributed by atoms with Crippen molar-refractivity contribution in [1.29, 1.82) is 0 Å². The Morgan fingerprint density at radius 2 is 2.00 bits per heavy atom. The molecule has 1 aromatic rings. The Kier molecular flexibility index (Phi) is 5.56. The van der Waals surface area contributed by atoms with Crippen LogP contribution in [0.5, 0.6) is 0 Å². The van der Waals surface area contributed by atoms with E-state index in [1.54, 1.807) is 6.92 Å². The van der Waals surface area contributed by atoms with Gasteiger partial charge in [0.25, 0.3) is 9.05 Å². The van der Waals surface area contributed by atoms with Gasteiger partial charge in [0.15, 0.2) is 0 Å². The molecule has 5 nitrogen and oxygen atoms in total. The van der Waals surface area contributed by atoms with E-state index < -0.39 is 9.05 Å². The van der Waals surface area contributed by atoms with Crippen molar-refractivity contribution in [3.05, 3.63) is 23.3 Å². The van der Waals surface area contributed by atoms with Crippen molar-refractivity contribution < 1.29 is 17.9 Å². The van der Waals surface area contributed by atoms with Crippen molar-refractivity contribution in [2.24, 2.45) is 0 Å². The molecule has 0 saturated carbocycles. The normalized spacial score (nSPS) is 11.7. The van der Waals surface area contributed by atoms with E-state index in [1.165, 1.54) is 19.2 Å². The van der Waals surface area contributed by atoms with Crippen LogP contribution < -0.4 is 5.32 Å². The van der Waals surface area contributed by atoms with Crippen molar-refractivity contribution in [3.63, 3.8) is 0 Å². The Labute approximate surface area is 123 Å². The lowest BCUT2D eigenvalue weighted by Crippen LogP contribution is -2.19. The third kappa shape index (κ3) is 4.19. The predicted molar refractivity (Wildman–Crippen MR) is 78.8 cm³/mol. The zero-order chi connectivity index (χ0) is 15.5. The molecule has 0 aliphatic rings. The number of carbonyl (C=O) groups is 1. The molecule has 112 valence electrons. The quantitative estimate of drug-likeness (QED) is 0.847. The molecule has 0 radical (unpaired) electrons. The van der Waals surface area contributed by atoms with Crippen molar-refractivity contribution in [2.75, 3.05) is 19.0 Å². The summed E-state index contributed by atoms with van der Waals surface area (Å²) in [6.45, 7) is 5.48. The van der Waals surface area contributed by atoms with Gasteiger partial charge in [0.2, 0.25) is 5.91 Å². The highest BCUT2D eigenvalue weighted by molar-refractivity contribution is 8.13. The van der Waals surface area contributed by atoms with E-state index in [0.29, 0.717) is 16.8 Å². The molecular formula is C13H18ClNO4S. The van der Waals surface area contributed by atoms with Crippen LogP contribution in [0.4, 0.5) is 5.69 Å². The Hall–Kier alpha value is -1.11. The van der Waals surface area contributed by atoms with E-state index in [0.717, 1.165) is 0 Å². The molecule has 1 N–H and O–H groups in total. The number of hydrogen-bond acceptors (Lipinski definition) is 4. The van der Waals surface area contributed by atoms with Gasteiger partial charge in [-0.25, -0.2) is 8.42 Å². The van der Waals surface area contributed by atoms with Crippen LogP contribution in [0.25, 0.3) is 0 Å². The Balaban J connectivity index is 3.34. The molecule has 1 rings (SSSR count). The fourth-order valence-corrected chi connectivity index (χ4v) is 2.71. The van der Waals surface area contributed by atoms with Crippen LogP contribution in [-0.2, 0) is 18.6 Å². The molecule has 0 aromatic heterocycles. The third-order valence-corrected chi connectivity index (χ3v) is 4.12. The molecule has 0 aliphatic carbocycles. The highest BCUT2D eigenvalue weighted by Gasteiger charge is 2.18. The van der Waals surface area contributed by atoms with Gasteiger partial charge in [-0.1, -0.05) is 13.8 Å². The standard InChI is InChI=1S/C13H18ClNO4S/c1-8(2)11-6-10(20(14,17)18)5-9(3)13(11)15-12(16)7-19-4/h5-6,8H,7H2,1-4H3,(H,15,16). The first-order valence-corrected chi connectivity index (χ1v) is 8.35. The van der Waals surface area contributed by atoms with Gasteiger partial charge in [-0.3, -0.25) is 4.79 Å². The summed E-state index contributed by atoms with van der Waals surface area (Å²) in [5, 5.41) is 2.74. The first kappa shape index (κ1) is 16.9. The monoisotopic (exact) mass is 319 g/mol. The number of amides is 1. The summed E-state index contributed by atoms with van der Waals surface area (Å²) >= 11 is 0. The lowest BCUT2D eigenvalue weighted by Gasteiger charge is -2.17. The van der Waals surface area contributed by atoms with E-state index >= 15 is 0 Å². The van der Waals surface area contributed by atoms with E-state index in [2.05, 4.69) is 5.32 Å². The number of aryl methyl sites for hydroxylation is 1. The van der Waals surface area contributed by atoms with Crippen molar-refractivity contribution in [1.82, 2.24) is 0 Å². The zero-order valence-corrected chi connectivity index (χ0v) is 13.4. The van der Waals surface area contributed by atoms with Crippen molar-refractivity contribution in [3.8, 4) is 0 Å². The summed E-state index contributed by atoms with van der Waals surface area (Å²) < 4.78 is 27.7. The van der Waals surface area contributed by atoms with Crippen LogP contribution in [0.3, 0.4) is 0 Å². The van der Waals surface area contributed by atoms with E-state index in [4.69, 9.17) is 15.4 Å². The molecular weight excluding hydrogens is 302 g/mol. The van der Waals surface area contributed by atoms with Crippen LogP contribution in [0, 0.1) is 6.92 Å². The average Bonchev–Trinajstić information content (AvgIpc) is 2.30. The molecule has 0 aliphatic heterocycles. The first-order valence-electron chi connectivity index (χ1n) is 6.04. The van der Waals surface area contributed by atoms with Crippen LogP contribution in [0.1, 0.15) is 30.9 Å². The van der Waals surface area contributed by atoms with E-state index in [-0.39, 0.29) is 23.3 Å². The van der Waals surface area contributed by atoms with Gasteiger partial charge in [-0.15, -0.1) is 0 Å². The Morgan fingerprint density at radius 3 is 2.45 bits per heavy atom. The average molecular weight is 320 g/mol. The van der Waals surface area contributed by atoms with Gasteiger partial charge in [-0.05, 0) is 36.1 Å². The summed E-state index contributed by atoms with van der Waals surface area (Å²) in [5.74, 6) is -0.260. The highest BCUT2D eigenvalue weighted by Crippen LogP contribution is 2.31. The lowest BCUT2D eigenvalue weighted by molar-refractivity contribution is -0.119. The number of halogens is 1. The van der Waals surface area contributed by atoms with Crippen molar-refractivity contribution >= 4 is 31.3 Å². The maximum Gasteiger partial charge on any atom is 0.261 e. The molecule has 0 bridgehead atoms. The number of hydrogen-bond donors (Lipinski definition) is 1. The number of ether oxygens (including phenoxy) is 1. The summed E-state index contributed by atoms with van der Waals surface area (Å²) in [7, 11) is 3.01. The Morgan fingerprint density at radius 1 is 1.40 bits per heavy atom. The summed E-state index contributed by atoms with van der Waals surface area (Å²) in [6.07, 6.45) is 0. The van der Waals surface area contributed by atoms with Gasteiger partial charge in [0, 0.05) is 23.5 Å². The van der Waals surface area contributed by atoms with Crippen LogP contribution >= 0.6 is 10.7 Å². The summed E-state index contributed by atoms with van der Waals surface area (Å²) in [6, 6.07) is 2.93. The molecule has 20 heavy (non-hydrogen) atoms. The molecule has 0 atom stereocenters. The topological polar surface area (TPSA) is 72.5 Å². The van der Waals surface area contributed by atoms with Gasteiger partial charge < -0.3 is 10.1 Å². The smallest absolute Gasteiger partial charge is 0.261 e. The minimum atomic E-state index is -3.80. The second kappa shape index (κ2) is 6.56. The van der Waals surface area contributed by atoms with E-state index in [9.17, 15) is 13.2 Å². The molecule has 0 saturated heterocycles. The molecule has 0 fully saturated rings. The number of rotatable bonds is 5. The number of benzene rings is 1. The largest absolute Gasteiger partial charge is 0.375 e. The first-order chi connectivity index (χ1) is 9.16. The molecule has 1 amide bonds. The molecule has 0 unspecified atom stereocenters. The number of anilines is 1. The number of methoxy groups -OCH3 is 1. The van der Waals surface area contributed by atoms with Gasteiger partial charge >= 0.3 is 0 Å². The summed E-state index contributed by atoms with van der Waals surface area (Å²) in [4.78, 5) is 11.7. The lowest BCUT2D eigenvalue weighted by atomic mass is 9.98. The fourth-order valence-electron chi connectivity index (χ4n) is 1.85. The predicted octanol–water partition coefficient (Wildman–Crippen LogP) is 2.63. The minimum Gasteiger partial charge on any atom is -0.375 e. The second-order valence-electron chi connectivity index (χ2n) is 4.78. The fraction of sp³-hybridized carbons (Fsp3) is 0.462. The highest BCUT2D eigenvalue weighted by atomic mass is 35.7. The maximum absolute atomic E-state index is 11.6. The maximum atomic E-state index is 11.6. The summed E-state index contributed by atoms with van der Waals surface area (Å²) in [5.41, 5.74) is 1.96. The molecule has 0 spiro atoms. The number of nitrogens with one attached hydrogen (secondary N) is 1. The van der Waals surface area contributed by atoms with Crippen LogP contribution in [0.2, 0.25) is 0 Å². The SMILES string of the molecule is COCC(=O)Nc1c(C)cc(S(=O)(=O)Cl)cc1C(C)C. The Bertz CT molecular complexity index is 611. The molecule has 0 heterocycles. The van der Waals surface area contributed by atoms with E-state index in [1.807, 2.05) is 13.8 Å². The van der Waals surface area contributed by atoms with Crippen molar-refractivity contribution in [2.45, 2.75) is 31.6 Å². The zero-order valence-electron chi connectivity index (χ0n) is 11.9. The minimum absolute atomic E-state index is 0.0323. The molecule has 7 heteroatoms. The van der Waals surface area contributed by atoms with Gasteiger partial charge in [0.1, 0.15) is 6.61 Å². The number of carbonyl (C=O) groups excluding carboxylic acids is 1. The molecule has 1 aromatic carbocycles. The van der Waals surface area contributed by atoms with Gasteiger partial charge in [0.05, 0.1) is 4.90 Å². The van der Waals surface area contributed by atoms with Gasteiger partial charge in [-0.2, -0.15) is 0 Å². The second-order valence-corrected chi connectivity index (χ2v) is 7.34. The van der Waals surface area contributed by atoms with Crippen LogP contribution in [0.15, 0.2) is 17.0 Å². The van der Waals surface area contributed by atoms with Crippen LogP contribution in [-0.4, -0.2) is 28.0 Å².